The first-order chi connectivity index (χ1) is 20.9. The van der Waals surface area contributed by atoms with E-state index in [1.165, 1.54) is 36.4 Å². The number of hydrogen-bond acceptors (Lipinski definition) is 5. The summed E-state index contributed by atoms with van der Waals surface area (Å²) in [4.78, 5) is 26.8. The van der Waals surface area contributed by atoms with E-state index in [1.54, 1.807) is 0 Å². The molecular formula is C32H30Cl2F5N3O3. The average Bonchev–Trinajstić information content (AvgIpc) is 3.26. The summed E-state index contributed by atoms with van der Waals surface area (Å²) in [5.41, 5.74) is -6.45. The Bertz CT molecular complexity index is 1600. The molecule has 0 aromatic heterocycles. The molecular weight excluding hydrogens is 640 g/mol. The van der Waals surface area contributed by atoms with Gasteiger partial charge in [0.05, 0.1) is 24.2 Å². The van der Waals surface area contributed by atoms with Crippen molar-refractivity contribution in [2.75, 3.05) is 7.11 Å². The monoisotopic (exact) mass is 669 g/mol. The molecule has 240 valence electrons. The summed E-state index contributed by atoms with van der Waals surface area (Å²) in [7, 11) is 0.910. The molecule has 0 saturated carbocycles. The van der Waals surface area contributed by atoms with Gasteiger partial charge >= 0.3 is 12.1 Å². The van der Waals surface area contributed by atoms with Gasteiger partial charge in [-0.05, 0) is 41.7 Å². The maximum absolute atomic E-state index is 15.9. The second-order valence-electron chi connectivity index (χ2n) is 12.3. The predicted octanol–water partition coefficient (Wildman–Crippen LogP) is 6.93. The number of allylic oxidation sites excluding steroid dienone is 2. The van der Waals surface area contributed by atoms with Crippen LogP contribution in [0.2, 0.25) is 10.0 Å². The lowest BCUT2D eigenvalue weighted by molar-refractivity contribution is -0.201. The lowest BCUT2D eigenvalue weighted by Gasteiger charge is -2.40. The van der Waals surface area contributed by atoms with Crippen LogP contribution in [-0.4, -0.2) is 42.8 Å². The summed E-state index contributed by atoms with van der Waals surface area (Å²) in [6, 6.07) is 6.62. The number of nitrogens with one attached hydrogen (secondary N) is 2. The molecule has 2 N–H and O–H groups in total. The number of benzene rings is 2. The van der Waals surface area contributed by atoms with Crippen LogP contribution < -0.4 is 10.6 Å². The van der Waals surface area contributed by atoms with Crippen molar-refractivity contribution in [3.05, 3.63) is 93.5 Å². The number of hydrogen-bond donors (Lipinski definition) is 2. The highest BCUT2D eigenvalue weighted by Crippen LogP contribution is 2.53. The number of rotatable bonds is 6. The second kappa shape index (κ2) is 12.4. The van der Waals surface area contributed by atoms with Gasteiger partial charge in [0.1, 0.15) is 23.0 Å². The maximum Gasteiger partial charge on any atom is 0.416 e. The predicted molar refractivity (Wildman–Crippen MR) is 158 cm³/mol. The highest BCUT2D eigenvalue weighted by atomic mass is 35.5. The van der Waals surface area contributed by atoms with Gasteiger partial charge in [0.25, 0.3) is 0 Å². The minimum atomic E-state index is -5.22. The van der Waals surface area contributed by atoms with E-state index in [-0.39, 0.29) is 27.6 Å². The van der Waals surface area contributed by atoms with Crippen LogP contribution in [0.4, 0.5) is 22.0 Å². The number of amides is 1. The van der Waals surface area contributed by atoms with E-state index >= 15 is 8.78 Å². The van der Waals surface area contributed by atoms with Gasteiger partial charge in [0.2, 0.25) is 5.91 Å². The summed E-state index contributed by atoms with van der Waals surface area (Å²) in [5, 5.41) is 15.5. The first-order valence-corrected chi connectivity index (χ1v) is 14.6. The van der Waals surface area contributed by atoms with Crippen LogP contribution in [0.3, 0.4) is 0 Å². The Labute approximate surface area is 267 Å². The van der Waals surface area contributed by atoms with E-state index in [4.69, 9.17) is 23.2 Å². The maximum atomic E-state index is 15.9. The first kappa shape index (κ1) is 34.4. The first-order valence-electron chi connectivity index (χ1n) is 13.8. The summed E-state index contributed by atoms with van der Waals surface area (Å²) in [6.07, 6.45) is -1.32. The van der Waals surface area contributed by atoms with Crippen LogP contribution in [0.25, 0.3) is 0 Å². The zero-order valence-corrected chi connectivity index (χ0v) is 26.1. The van der Waals surface area contributed by atoms with Crippen molar-refractivity contribution in [2.24, 2.45) is 11.3 Å². The summed E-state index contributed by atoms with van der Waals surface area (Å²) < 4.78 is 80.9. The molecule has 13 heteroatoms. The number of carbonyl (C=O) groups excluding carboxylic acids is 2. The molecule has 1 heterocycles. The molecule has 1 saturated heterocycles. The molecule has 1 amide bonds. The SMILES string of the molecule is COC(=O)C1C=CC=CC1(NC(=O)[C@@H]1N[C@@H](CC(C)(C)C)[C@](C#N)(c2ccc(Cl)cc2F)[C@H]1c1cccc(Cl)c1F)C(F)(F)F. The fourth-order valence-electron chi connectivity index (χ4n) is 6.33. The highest BCUT2D eigenvalue weighted by molar-refractivity contribution is 6.31. The third-order valence-electron chi connectivity index (χ3n) is 8.25. The van der Waals surface area contributed by atoms with Crippen molar-refractivity contribution in [3.8, 4) is 6.07 Å². The Kier molecular flexibility index (Phi) is 9.47. The number of nitriles is 1. The van der Waals surface area contributed by atoms with Crippen molar-refractivity contribution < 1.29 is 36.3 Å². The van der Waals surface area contributed by atoms with Crippen LogP contribution in [0.15, 0.2) is 60.7 Å². The lowest BCUT2D eigenvalue weighted by Crippen LogP contribution is -2.66. The number of ether oxygens (including phenoxy) is 1. The van der Waals surface area contributed by atoms with Crippen molar-refractivity contribution in [3.63, 3.8) is 0 Å². The van der Waals surface area contributed by atoms with Crippen molar-refractivity contribution >= 4 is 35.1 Å². The molecule has 1 aliphatic heterocycles. The number of methoxy groups -OCH3 is 1. The summed E-state index contributed by atoms with van der Waals surface area (Å²) in [5.74, 6) is -8.20. The third kappa shape index (κ3) is 6.08. The van der Waals surface area contributed by atoms with Gasteiger partial charge in [-0.2, -0.15) is 18.4 Å². The van der Waals surface area contributed by atoms with E-state index < -0.39 is 70.0 Å². The van der Waals surface area contributed by atoms with Gasteiger partial charge in [-0.25, -0.2) is 8.78 Å². The normalized spacial score (nSPS) is 28.0. The average molecular weight is 671 g/mol. The third-order valence-corrected chi connectivity index (χ3v) is 8.78. The number of nitrogens with zero attached hydrogens (tertiary/aromatic N) is 1. The largest absolute Gasteiger partial charge is 0.468 e. The van der Waals surface area contributed by atoms with Gasteiger partial charge in [0.15, 0.2) is 5.54 Å². The fraction of sp³-hybridized carbons (Fsp3) is 0.406. The second-order valence-corrected chi connectivity index (χ2v) is 13.1. The molecule has 4 rings (SSSR count). The minimum Gasteiger partial charge on any atom is -0.468 e. The Morgan fingerprint density at radius 3 is 2.38 bits per heavy atom. The van der Waals surface area contributed by atoms with Crippen LogP contribution in [0.1, 0.15) is 44.2 Å². The van der Waals surface area contributed by atoms with E-state index in [0.29, 0.717) is 6.08 Å². The van der Waals surface area contributed by atoms with Crippen LogP contribution in [-0.2, 0) is 19.7 Å². The summed E-state index contributed by atoms with van der Waals surface area (Å²) in [6.45, 7) is 5.45. The van der Waals surface area contributed by atoms with Gasteiger partial charge in [-0.1, -0.05) is 80.4 Å². The van der Waals surface area contributed by atoms with Gasteiger partial charge in [-0.15, -0.1) is 0 Å². The lowest BCUT2D eigenvalue weighted by atomic mass is 9.62. The summed E-state index contributed by atoms with van der Waals surface area (Å²) >= 11 is 12.1. The van der Waals surface area contributed by atoms with E-state index in [0.717, 1.165) is 25.3 Å². The number of esters is 1. The minimum absolute atomic E-state index is 0.000517. The highest BCUT2D eigenvalue weighted by Gasteiger charge is 2.65. The molecule has 45 heavy (non-hydrogen) atoms. The molecule has 0 radical (unpaired) electrons. The molecule has 2 aromatic rings. The molecule has 0 bridgehead atoms. The van der Waals surface area contributed by atoms with E-state index in [9.17, 15) is 28.0 Å². The van der Waals surface area contributed by atoms with Gasteiger partial charge < -0.3 is 15.4 Å². The Morgan fingerprint density at radius 2 is 1.80 bits per heavy atom. The standard InChI is InChI=1S/C32H30Cl2F5N3O3/c1-29(2,3)15-23-30(16-40,19-12-11-17(33)14-22(19)35)24(18-8-7-10-21(34)25(18)36)26(41-23)27(43)42-31(32(37,38)39)13-6-5-9-20(31)28(44)45-4/h5-14,20,23-24,26,41H,15H2,1-4H3,(H,42,43)/t20?,23-,24-,26+,30-,31?/m0/s1. The molecule has 1 fully saturated rings. The molecule has 6 nitrogen and oxygen atoms in total. The quantitative estimate of drug-likeness (QED) is 0.257. The van der Waals surface area contributed by atoms with Gasteiger partial charge in [0, 0.05) is 22.5 Å². The molecule has 2 aliphatic rings. The zero-order valence-electron chi connectivity index (χ0n) is 24.6. The fourth-order valence-corrected chi connectivity index (χ4v) is 6.67. The number of halogens is 7. The van der Waals surface area contributed by atoms with Crippen molar-refractivity contribution in [1.82, 2.24) is 10.6 Å². The van der Waals surface area contributed by atoms with Gasteiger partial charge in [-0.3, -0.25) is 9.59 Å². The van der Waals surface area contributed by atoms with E-state index in [1.807, 2.05) is 26.1 Å². The van der Waals surface area contributed by atoms with Crippen molar-refractivity contribution in [1.29, 1.82) is 5.26 Å². The number of carbonyl (C=O) groups is 2. The Balaban J connectivity index is 2.00. The molecule has 2 unspecified atom stereocenters. The topological polar surface area (TPSA) is 91.2 Å². The zero-order chi connectivity index (χ0) is 33.5. The van der Waals surface area contributed by atoms with Crippen molar-refractivity contribution in [2.45, 2.75) is 62.3 Å². The van der Waals surface area contributed by atoms with Crippen LogP contribution in [0.5, 0.6) is 0 Å². The number of alkyl halides is 3. The van der Waals surface area contributed by atoms with E-state index in [2.05, 4.69) is 16.1 Å². The molecule has 6 atom stereocenters. The van der Waals surface area contributed by atoms with Crippen LogP contribution in [0, 0.1) is 34.3 Å². The Morgan fingerprint density at radius 1 is 1.11 bits per heavy atom. The molecule has 0 spiro atoms. The van der Waals surface area contributed by atoms with Crippen LogP contribution >= 0.6 is 23.2 Å². The molecule has 2 aromatic carbocycles. The molecule has 1 aliphatic carbocycles. The smallest absolute Gasteiger partial charge is 0.416 e. The Hall–Kier alpha value is -3.46.